The second-order valence-corrected chi connectivity index (χ2v) is 6.67. The summed E-state index contributed by atoms with van der Waals surface area (Å²) in [5.41, 5.74) is 3.89. The molecule has 2 aromatic heterocycles. The smallest absolute Gasteiger partial charge is 0.275 e. The van der Waals surface area contributed by atoms with Crippen LogP contribution in [0.2, 0.25) is 0 Å². The molecule has 0 aliphatic heterocycles. The van der Waals surface area contributed by atoms with E-state index in [1.165, 1.54) is 10.2 Å². The maximum Gasteiger partial charge on any atom is 0.275 e. The summed E-state index contributed by atoms with van der Waals surface area (Å²) < 4.78 is 3.14. The standard InChI is InChI=1S/C20H25N5O2/c1-5-16-13(2)22-24(15(16)4)11-10-21-19(26)12-25-20(27)18-9-7-6-8-17(18)14(3)23-25/h6-9H,5,10-12H2,1-4H3,(H,21,26). The Kier molecular flexibility index (Phi) is 5.39. The van der Waals surface area contributed by atoms with Crippen molar-refractivity contribution in [3.05, 3.63) is 57.3 Å². The van der Waals surface area contributed by atoms with Crippen LogP contribution in [-0.4, -0.2) is 32.0 Å². The van der Waals surface area contributed by atoms with Gasteiger partial charge in [-0.15, -0.1) is 0 Å². The quantitative estimate of drug-likeness (QED) is 0.721. The van der Waals surface area contributed by atoms with E-state index in [0.29, 0.717) is 18.5 Å². The van der Waals surface area contributed by atoms with Gasteiger partial charge in [0.1, 0.15) is 6.54 Å². The van der Waals surface area contributed by atoms with E-state index in [2.05, 4.69) is 22.4 Å². The molecular formula is C20H25N5O2. The van der Waals surface area contributed by atoms with Gasteiger partial charge in [0.05, 0.1) is 23.3 Å². The summed E-state index contributed by atoms with van der Waals surface area (Å²) in [6.45, 7) is 8.94. The highest BCUT2D eigenvalue weighted by atomic mass is 16.2. The van der Waals surface area contributed by atoms with Crippen molar-refractivity contribution in [1.29, 1.82) is 0 Å². The third-order valence-electron chi connectivity index (χ3n) is 4.88. The Balaban J connectivity index is 1.66. The average Bonchev–Trinajstić information content (AvgIpc) is 2.92. The van der Waals surface area contributed by atoms with E-state index in [4.69, 9.17) is 0 Å². The van der Waals surface area contributed by atoms with Gasteiger partial charge in [-0.2, -0.15) is 10.2 Å². The molecule has 0 bridgehead atoms. The van der Waals surface area contributed by atoms with E-state index in [9.17, 15) is 9.59 Å². The van der Waals surface area contributed by atoms with Gasteiger partial charge in [-0.3, -0.25) is 14.3 Å². The van der Waals surface area contributed by atoms with Gasteiger partial charge < -0.3 is 5.32 Å². The number of amides is 1. The first-order valence-corrected chi connectivity index (χ1v) is 9.18. The fourth-order valence-corrected chi connectivity index (χ4v) is 3.47. The molecule has 2 heterocycles. The van der Waals surface area contributed by atoms with Crippen LogP contribution in [0.15, 0.2) is 29.1 Å². The molecule has 0 saturated heterocycles. The number of benzene rings is 1. The number of hydrogen-bond donors (Lipinski definition) is 1. The normalized spacial score (nSPS) is 11.1. The Labute approximate surface area is 158 Å². The van der Waals surface area contributed by atoms with Gasteiger partial charge in [0, 0.05) is 17.6 Å². The molecule has 0 saturated carbocycles. The van der Waals surface area contributed by atoms with E-state index in [0.717, 1.165) is 28.9 Å². The lowest BCUT2D eigenvalue weighted by Crippen LogP contribution is -2.35. The van der Waals surface area contributed by atoms with Gasteiger partial charge >= 0.3 is 0 Å². The van der Waals surface area contributed by atoms with Gasteiger partial charge in [-0.05, 0) is 38.8 Å². The van der Waals surface area contributed by atoms with Crippen LogP contribution in [0.3, 0.4) is 0 Å². The molecule has 3 aromatic rings. The molecule has 142 valence electrons. The maximum absolute atomic E-state index is 12.5. The van der Waals surface area contributed by atoms with Gasteiger partial charge in [-0.1, -0.05) is 25.1 Å². The highest BCUT2D eigenvalue weighted by Crippen LogP contribution is 2.13. The molecule has 0 atom stereocenters. The molecule has 1 amide bonds. The van der Waals surface area contributed by atoms with Crippen molar-refractivity contribution >= 4 is 16.7 Å². The maximum atomic E-state index is 12.5. The number of fused-ring (bicyclic) bond motifs is 1. The molecule has 0 radical (unpaired) electrons. The van der Waals surface area contributed by atoms with Crippen molar-refractivity contribution in [2.75, 3.05) is 6.54 Å². The third-order valence-corrected chi connectivity index (χ3v) is 4.88. The monoisotopic (exact) mass is 367 g/mol. The number of aromatic nitrogens is 4. The molecule has 3 rings (SSSR count). The number of nitrogens with one attached hydrogen (secondary N) is 1. The van der Waals surface area contributed by atoms with E-state index in [1.54, 1.807) is 6.07 Å². The van der Waals surface area contributed by atoms with Crippen molar-refractivity contribution < 1.29 is 4.79 Å². The Morgan fingerprint density at radius 2 is 1.70 bits per heavy atom. The average molecular weight is 367 g/mol. The van der Waals surface area contributed by atoms with Crippen molar-refractivity contribution in [3.8, 4) is 0 Å². The first-order valence-electron chi connectivity index (χ1n) is 9.18. The molecule has 0 fully saturated rings. The molecule has 1 N–H and O–H groups in total. The SMILES string of the molecule is CCc1c(C)nn(CCNC(=O)Cn2nc(C)c3ccccc3c2=O)c1C. The Bertz CT molecular complexity index is 1050. The molecule has 7 heteroatoms. The Hall–Kier alpha value is -2.96. The van der Waals surface area contributed by atoms with E-state index in [1.807, 2.05) is 43.7 Å². The lowest BCUT2D eigenvalue weighted by Gasteiger charge is -2.10. The second kappa shape index (κ2) is 7.73. The predicted molar refractivity (Wildman–Crippen MR) is 105 cm³/mol. The first-order chi connectivity index (χ1) is 12.9. The van der Waals surface area contributed by atoms with Gasteiger partial charge in [0.15, 0.2) is 0 Å². The molecule has 0 aliphatic rings. The summed E-state index contributed by atoms with van der Waals surface area (Å²) in [5, 5.41) is 13.0. The van der Waals surface area contributed by atoms with E-state index < -0.39 is 0 Å². The topological polar surface area (TPSA) is 81.8 Å². The highest BCUT2D eigenvalue weighted by molar-refractivity contribution is 5.83. The van der Waals surface area contributed by atoms with Gasteiger partial charge in [0.2, 0.25) is 5.91 Å². The Morgan fingerprint density at radius 1 is 1.04 bits per heavy atom. The first kappa shape index (κ1) is 18.8. The summed E-state index contributed by atoms with van der Waals surface area (Å²) in [7, 11) is 0. The highest BCUT2D eigenvalue weighted by Gasteiger charge is 2.12. The molecule has 7 nitrogen and oxygen atoms in total. The summed E-state index contributed by atoms with van der Waals surface area (Å²) >= 11 is 0. The lowest BCUT2D eigenvalue weighted by molar-refractivity contribution is -0.121. The third kappa shape index (κ3) is 3.77. The van der Waals surface area contributed by atoms with Crippen LogP contribution in [0.5, 0.6) is 0 Å². The van der Waals surface area contributed by atoms with Crippen molar-refractivity contribution in [1.82, 2.24) is 24.9 Å². The molecular weight excluding hydrogens is 342 g/mol. The number of rotatable bonds is 6. The van der Waals surface area contributed by atoms with Crippen molar-refractivity contribution in [2.45, 2.75) is 47.2 Å². The summed E-state index contributed by atoms with van der Waals surface area (Å²) in [6, 6.07) is 7.31. The predicted octanol–water partition coefficient (Wildman–Crippen LogP) is 1.90. The van der Waals surface area contributed by atoms with Gasteiger partial charge in [-0.25, -0.2) is 4.68 Å². The van der Waals surface area contributed by atoms with Crippen LogP contribution in [0.1, 0.15) is 29.6 Å². The summed E-state index contributed by atoms with van der Waals surface area (Å²) in [6.07, 6.45) is 0.944. The number of carbonyl (C=O) groups excluding carboxylic acids is 1. The summed E-state index contributed by atoms with van der Waals surface area (Å²) in [5.74, 6) is -0.239. The second-order valence-electron chi connectivity index (χ2n) is 6.67. The minimum atomic E-state index is -0.252. The Morgan fingerprint density at radius 3 is 2.37 bits per heavy atom. The molecule has 27 heavy (non-hydrogen) atoms. The van der Waals surface area contributed by atoms with Crippen LogP contribution < -0.4 is 10.9 Å². The summed E-state index contributed by atoms with van der Waals surface area (Å²) in [4.78, 5) is 24.8. The zero-order chi connectivity index (χ0) is 19.6. The van der Waals surface area contributed by atoms with E-state index in [-0.39, 0.29) is 18.0 Å². The van der Waals surface area contributed by atoms with Gasteiger partial charge in [0.25, 0.3) is 5.56 Å². The number of carbonyl (C=O) groups is 1. The minimum Gasteiger partial charge on any atom is -0.353 e. The molecule has 0 spiro atoms. The number of aryl methyl sites for hydroxylation is 2. The van der Waals surface area contributed by atoms with Crippen LogP contribution in [0, 0.1) is 20.8 Å². The molecule has 1 aromatic carbocycles. The largest absolute Gasteiger partial charge is 0.353 e. The lowest BCUT2D eigenvalue weighted by atomic mass is 10.1. The fraction of sp³-hybridized carbons (Fsp3) is 0.400. The van der Waals surface area contributed by atoms with E-state index >= 15 is 0 Å². The van der Waals surface area contributed by atoms with Crippen LogP contribution in [0.25, 0.3) is 10.8 Å². The van der Waals surface area contributed by atoms with Crippen molar-refractivity contribution in [2.24, 2.45) is 0 Å². The zero-order valence-corrected chi connectivity index (χ0v) is 16.2. The molecule has 0 aliphatic carbocycles. The van der Waals surface area contributed by atoms with Crippen LogP contribution >= 0.6 is 0 Å². The van der Waals surface area contributed by atoms with Crippen molar-refractivity contribution in [3.63, 3.8) is 0 Å². The number of nitrogens with zero attached hydrogens (tertiary/aromatic N) is 4. The zero-order valence-electron chi connectivity index (χ0n) is 16.2. The van der Waals surface area contributed by atoms with Crippen LogP contribution in [-0.2, 0) is 24.3 Å². The number of hydrogen-bond acceptors (Lipinski definition) is 4. The fourth-order valence-electron chi connectivity index (χ4n) is 3.47. The minimum absolute atomic E-state index is 0.0954. The van der Waals surface area contributed by atoms with Crippen LogP contribution in [0.4, 0.5) is 0 Å². The molecule has 0 unspecified atom stereocenters.